The smallest absolute Gasteiger partial charge is 0.172 e. The van der Waals surface area contributed by atoms with Crippen molar-refractivity contribution < 1.29 is 18.9 Å². The van der Waals surface area contributed by atoms with Crippen molar-refractivity contribution in [2.45, 2.75) is 159 Å². The van der Waals surface area contributed by atoms with Crippen LogP contribution < -0.4 is 0 Å². The zero-order valence-corrected chi connectivity index (χ0v) is 28.3. The average Bonchev–Trinajstić information content (AvgIpc) is 3.06. The maximum atomic E-state index is 6.67. The van der Waals surface area contributed by atoms with E-state index < -0.39 is 5.79 Å². The maximum absolute atomic E-state index is 6.67. The van der Waals surface area contributed by atoms with Crippen LogP contribution in [0.2, 0.25) is 11.6 Å². The summed E-state index contributed by atoms with van der Waals surface area (Å²) in [6.07, 6.45) is 21.8. The molecule has 1 saturated heterocycles. The van der Waals surface area contributed by atoms with Gasteiger partial charge in [-0.3, -0.25) is 0 Å². The van der Waals surface area contributed by atoms with Gasteiger partial charge in [0.1, 0.15) is 0 Å². The molecule has 2 aliphatic carbocycles. The molecule has 0 N–H and O–H groups in total. The Bertz CT molecular complexity index is 1080. The minimum atomic E-state index is -0.592. The third kappa shape index (κ3) is 12.0. The van der Waals surface area contributed by atoms with Crippen LogP contribution in [-0.2, 0) is 32.2 Å². The highest BCUT2D eigenvalue weighted by atomic mass is 16.7. The van der Waals surface area contributed by atoms with E-state index in [1.807, 2.05) is 6.07 Å². The molecule has 45 heavy (non-hydrogen) atoms. The molecule has 3 atom stereocenters. The lowest BCUT2D eigenvalue weighted by Crippen LogP contribution is -2.45. The minimum absolute atomic E-state index is 0.116. The van der Waals surface area contributed by atoms with Gasteiger partial charge in [0, 0.05) is 19.4 Å². The van der Waals surface area contributed by atoms with Crippen LogP contribution in [0.15, 0.2) is 72.7 Å². The summed E-state index contributed by atoms with van der Waals surface area (Å²) in [6.45, 7) is 6.93. The Kier molecular flexibility index (Phi) is 14.1. The summed E-state index contributed by atoms with van der Waals surface area (Å²) in [4.78, 5) is 0. The van der Waals surface area contributed by atoms with Crippen molar-refractivity contribution in [3.05, 3.63) is 83.8 Å². The molecule has 0 spiro atoms. The molecule has 5 rings (SSSR count). The first kappa shape index (κ1) is 34.4. The first-order valence-corrected chi connectivity index (χ1v) is 18.3. The molecule has 3 aliphatic rings. The van der Waals surface area contributed by atoms with Gasteiger partial charge in [0.2, 0.25) is 0 Å². The first-order chi connectivity index (χ1) is 22.0. The Balaban J connectivity index is 1.18. The van der Waals surface area contributed by atoms with Crippen LogP contribution in [0.4, 0.5) is 0 Å². The van der Waals surface area contributed by atoms with Crippen LogP contribution in [0.3, 0.4) is 0 Å². The Morgan fingerprint density at radius 1 is 0.778 bits per heavy atom. The lowest BCUT2D eigenvalue weighted by Gasteiger charge is -2.42. The van der Waals surface area contributed by atoms with E-state index in [0.717, 1.165) is 57.1 Å². The van der Waals surface area contributed by atoms with Crippen molar-refractivity contribution in [1.82, 2.24) is 0 Å². The molecular weight excluding hydrogens is 555 g/mol. The third-order valence-corrected chi connectivity index (χ3v) is 10.4. The molecule has 0 bridgehead atoms. The Labute approximate surface area is 274 Å². The van der Waals surface area contributed by atoms with Gasteiger partial charge in [0.15, 0.2) is 12.5 Å². The van der Waals surface area contributed by atoms with Crippen molar-refractivity contribution in [3.8, 4) is 0 Å². The molecule has 0 radical (unpaired) electrons. The van der Waals surface area contributed by atoms with Gasteiger partial charge in [-0.25, -0.2) is 0 Å². The average molecular weight is 615 g/mol. The summed E-state index contributed by atoms with van der Waals surface area (Å²) < 4.78 is 25.6. The lowest BCUT2D eigenvalue weighted by atomic mass is 9.30. The van der Waals surface area contributed by atoms with Gasteiger partial charge in [-0.2, -0.15) is 0 Å². The predicted octanol–water partition coefficient (Wildman–Crippen LogP) is 10.5. The number of hydrogen-bond donors (Lipinski definition) is 0. The molecule has 1 heterocycles. The first-order valence-electron chi connectivity index (χ1n) is 18.3. The summed E-state index contributed by atoms with van der Waals surface area (Å²) in [7, 11) is 0. The number of ether oxygens (including phenoxy) is 4. The predicted molar refractivity (Wildman–Crippen MR) is 187 cm³/mol. The Morgan fingerprint density at radius 2 is 1.36 bits per heavy atom. The third-order valence-electron chi connectivity index (χ3n) is 10.4. The molecule has 5 heteroatoms. The van der Waals surface area contributed by atoms with Gasteiger partial charge in [-0.1, -0.05) is 143 Å². The van der Waals surface area contributed by atoms with Gasteiger partial charge in [0.05, 0.1) is 31.5 Å². The van der Waals surface area contributed by atoms with E-state index in [4.69, 9.17) is 18.9 Å². The van der Waals surface area contributed by atoms with Crippen LogP contribution in [0.1, 0.15) is 121 Å². The van der Waals surface area contributed by atoms with E-state index in [9.17, 15) is 0 Å². The molecular formula is C40H59BO4. The normalized spacial score (nSPS) is 23.7. The van der Waals surface area contributed by atoms with Crippen molar-refractivity contribution in [3.63, 3.8) is 0 Å². The monoisotopic (exact) mass is 614 g/mol. The van der Waals surface area contributed by atoms with Crippen molar-refractivity contribution in [1.29, 1.82) is 0 Å². The quantitative estimate of drug-likeness (QED) is 0.139. The molecule has 3 fully saturated rings. The topological polar surface area (TPSA) is 36.9 Å². The van der Waals surface area contributed by atoms with E-state index >= 15 is 0 Å². The molecule has 0 amide bonds. The van der Waals surface area contributed by atoms with Gasteiger partial charge >= 0.3 is 0 Å². The van der Waals surface area contributed by atoms with E-state index in [1.54, 1.807) is 0 Å². The highest BCUT2D eigenvalue weighted by Crippen LogP contribution is 2.42. The summed E-state index contributed by atoms with van der Waals surface area (Å²) in [5.74, 6) is 3.79. The van der Waals surface area contributed by atoms with E-state index in [-0.39, 0.29) is 18.3 Å². The highest BCUT2D eigenvalue weighted by molar-refractivity contribution is 6.67. The standard InChI is InChI=1S/C40H59BO4/c1-40(2)44-38(26-16-28-42-31-33-17-7-3-8-18-33)30-39(45-40)29-37(43-32-34-19-9-4-10-20-34)25-15-27-41(35-21-11-5-12-22-35)36-23-13-6-14-24-36/h3-4,7-10,15,17-20,27,35-39H,5-6,11-14,16,21-26,28-32H2,1-2H3/b27-15+/t37-,38+,39-/m1/s1. The second-order valence-corrected chi connectivity index (χ2v) is 14.5. The fourth-order valence-corrected chi connectivity index (χ4v) is 8.16. The molecule has 2 saturated carbocycles. The van der Waals surface area contributed by atoms with Crippen molar-refractivity contribution in [2.75, 3.05) is 6.61 Å². The van der Waals surface area contributed by atoms with Gasteiger partial charge in [-0.15, -0.1) is 5.98 Å². The van der Waals surface area contributed by atoms with Crippen LogP contribution in [0.25, 0.3) is 0 Å². The second kappa shape index (κ2) is 18.4. The van der Waals surface area contributed by atoms with Crippen molar-refractivity contribution in [2.24, 2.45) is 0 Å². The fourth-order valence-electron chi connectivity index (χ4n) is 8.16. The molecule has 0 aromatic heterocycles. The van der Waals surface area contributed by atoms with E-state index in [1.165, 1.54) is 75.3 Å². The van der Waals surface area contributed by atoms with Gasteiger partial charge < -0.3 is 18.9 Å². The van der Waals surface area contributed by atoms with Crippen LogP contribution in [0, 0.1) is 0 Å². The van der Waals surface area contributed by atoms with Crippen molar-refractivity contribution >= 4 is 6.71 Å². The summed E-state index contributed by atoms with van der Waals surface area (Å²) in [5.41, 5.74) is 2.45. The summed E-state index contributed by atoms with van der Waals surface area (Å²) in [5, 5.41) is 0. The van der Waals surface area contributed by atoms with Crippen LogP contribution >= 0.6 is 0 Å². The molecule has 1 aliphatic heterocycles. The fraction of sp³-hybridized carbons (Fsp3) is 0.650. The Morgan fingerprint density at radius 3 is 1.98 bits per heavy atom. The zero-order valence-electron chi connectivity index (χ0n) is 28.3. The minimum Gasteiger partial charge on any atom is -0.377 e. The van der Waals surface area contributed by atoms with Crippen LogP contribution in [0.5, 0.6) is 0 Å². The molecule has 246 valence electrons. The molecule has 2 aromatic carbocycles. The van der Waals surface area contributed by atoms with E-state index in [0.29, 0.717) is 13.2 Å². The second-order valence-electron chi connectivity index (χ2n) is 14.5. The molecule has 0 unspecified atom stereocenters. The van der Waals surface area contributed by atoms with Gasteiger partial charge in [-0.05, 0) is 44.2 Å². The number of benzene rings is 2. The maximum Gasteiger partial charge on any atom is 0.172 e. The number of hydrogen-bond acceptors (Lipinski definition) is 4. The summed E-state index contributed by atoms with van der Waals surface area (Å²) >= 11 is 0. The summed E-state index contributed by atoms with van der Waals surface area (Å²) in [6, 6.07) is 21.0. The van der Waals surface area contributed by atoms with Crippen LogP contribution in [-0.4, -0.2) is 37.4 Å². The number of rotatable bonds is 16. The molecule has 4 nitrogen and oxygen atoms in total. The zero-order chi connectivity index (χ0) is 31.2. The Hall–Kier alpha value is -1.92. The SMILES string of the molecule is CC1(C)O[C@H](C[C@@H](C/C=C/B(C2CCCCC2)C2CCCCC2)OCc2ccccc2)C[C@H](CCCOCc2ccccc2)O1. The largest absolute Gasteiger partial charge is 0.377 e. The van der Waals surface area contributed by atoms with Gasteiger partial charge in [0.25, 0.3) is 0 Å². The lowest BCUT2D eigenvalue weighted by molar-refractivity contribution is -0.304. The highest BCUT2D eigenvalue weighted by Gasteiger charge is 2.37. The van der Waals surface area contributed by atoms with E-state index in [2.05, 4.69) is 80.5 Å². The molecule has 2 aromatic rings.